The van der Waals surface area contributed by atoms with Gasteiger partial charge in [-0.3, -0.25) is 14.7 Å². The molecular formula is C8H20O3PS+. The fraction of sp³-hybridized carbons (Fsp3) is 1.00. The van der Waals surface area contributed by atoms with Crippen molar-refractivity contribution in [3.63, 3.8) is 0 Å². The van der Waals surface area contributed by atoms with Crippen molar-refractivity contribution in [2.45, 2.75) is 45.4 Å². The molecule has 0 amide bonds. The van der Waals surface area contributed by atoms with Crippen molar-refractivity contribution in [2.24, 2.45) is 0 Å². The number of hydrogen-bond donors (Lipinski definition) is 3. The van der Waals surface area contributed by atoms with Crippen LogP contribution in [0.4, 0.5) is 0 Å². The molecule has 0 aromatic heterocycles. The Morgan fingerprint density at radius 2 is 1.46 bits per heavy atom. The van der Waals surface area contributed by atoms with Crippen LogP contribution in [0.2, 0.25) is 0 Å². The summed E-state index contributed by atoms with van der Waals surface area (Å²) >= 11 is 0. The molecule has 3 nitrogen and oxygen atoms in total. The molecular weight excluding hydrogens is 207 g/mol. The molecule has 3 N–H and O–H groups in total. The molecule has 0 aromatic rings. The highest BCUT2D eigenvalue weighted by Gasteiger charge is 2.17. The lowest BCUT2D eigenvalue weighted by molar-refractivity contribution is 0.363. The lowest BCUT2D eigenvalue weighted by atomic mass is 10.1. The summed E-state index contributed by atoms with van der Waals surface area (Å²) in [4.78, 5) is 25.9. The van der Waals surface area contributed by atoms with Crippen molar-refractivity contribution in [3.05, 3.63) is 0 Å². The van der Waals surface area contributed by atoms with E-state index in [4.69, 9.17) is 14.7 Å². The zero-order valence-corrected chi connectivity index (χ0v) is 9.86. The molecule has 0 fully saturated rings. The van der Waals surface area contributed by atoms with Gasteiger partial charge in [-0.1, -0.05) is 32.6 Å². The first-order valence-electron chi connectivity index (χ1n) is 4.78. The molecule has 0 bridgehead atoms. The average molecular weight is 227 g/mol. The van der Waals surface area contributed by atoms with Crippen LogP contribution in [-0.4, -0.2) is 20.4 Å². The third-order valence-electron chi connectivity index (χ3n) is 1.76. The van der Waals surface area contributed by atoms with Crippen LogP contribution in [0.15, 0.2) is 0 Å². The van der Waals surface area contributed by atoms with E-state index in [0.717, 1.165) is 23.8 Å². The van der Waals surface area contributed by atoms with Crippen LogP contribution >= 0.6 is 6.72 Å². The minimum Gasteiger partial charge on any atom is -0.290 e. The maximum atomic E-state index is 8.64. The Hall–Kier alpha value is 0.530. The lowest BCUT2D eigenvalue weighted by Crippen LogP contribution is -1.86. The van der Waals surface area contributed by atoms with Gasteiger partial charge in [0.2, 0.25) is 10.9 Å². The van der Waals surface area contributed by atoms with Crippen molar-refractivity contribution < 1.29 is 14.7 Å². The summed E-state index contributed by atoms with van der Waals surface area (Å²) in [5.41, 5.74) is 0. The SMILES string of the molecule is CCCCCCCC[S+]=P(O)(O)O. The molecule has 0 aliphatic rings. The quantitative estimate of drug-likeness (QED) is 0.354. The molecule has 0 aromatic carbocycles. The minimum absolute atomic E-state index is 0.642. The van der Waals surface area contributed by atoms with Gasteiger partial charge in [-0.15, -0.1) is 0 Å². The monoisotopic (exact) mass is 227 g/mol. The van der Waals surface area contributed by atoms with Gasteiger partial charge in [0.15, 0.2) is 5.75 Å². The van der Waals surface area contributed by atoms with Crippen molar-refractivity contribution in [3.8, 4) is 0 Å². The van der Waals surface area contributed by atoms with Crippen LogP contribution < -0.4 is 0 Å². The first-order chi connectivity index (χ1) is 6.06. The molecule has 0 spiro atoms. The molecule has 0 saturated carbocycles. The van der Waals surface area contributed by atoms with Gasteiger partial charge >= 0.3 is 6.72 Å². The van der Waals surface area contributed by atoms with Crippen molar-refractivity contribution in [2.75, 3.05) is 5.75 Å². The van der Waals surface area contributed by atoms with E-state index in [0.29, 0.717) is 5.75 Å². The normalized spacial score (nSPS) is 11.7. The summed E-state index contributed by atoms with van der Waals surface area (Å²) in [6.07, 6.45) is 7.07. The number of rotatable bonds is 7. The lowest BCUT2D eigenvalue weighted by Gasteiger charge is -1.94. The topological polar surface area (TPSA) is 60.7 Å². The Bertz CT molecular complexity index is 159. The Kier molecular flexibility index (Phi) is 8.21. The standard InChI is InChI=1S/C8H20O3PS/c1-2-3-4-5-6-7-8-13-12(9,10)11/h9-11H,2-8H2,1H3/q+1. The fourth-order valence-corrected chi connectivity index (χ4v) is 2.77. The predicted octanol–water partition coefficient (Wildman–Crippen LogP) is 2.08. The van der Waals surface area contributed by atoms with E-state index in [9.17, 15) is 0 Å². The summed E-state index contributed by atoms with van der Waals surface area (Å²) in [7, 11) is 0.875. The first-order valence-corrected chi connectivity index (χ1v) is 8.02. The molecule has 0 saturated heterocycles. The van der Waals surface area contributed by atoms with Gasteiger partial charge in [-0.2, -0.15) is 0 Å². The van der Waals surface area contributed by atoms with E-state index in [1.54, 1.807) is 0 Å². The van der Waals surface area contributed by atoms with Crippen LogP contribution in [0.5, 0.6) is 0 Å². The van der Waals surface area contributed by atoms with E-state index in [-0.39, 0.29) is 0 Å². The van der Waals surface area contributed by atoms with E-state index in [1.807, 2.05) is 0 Å². The van der Waals surface area contributed by atoms with E-state index >= 15 is 0 Å². The Labute approximate surface area is 84.0 Å². The maximum Gasteiger partial charge on any atom is 0.515 e. The minimum atomic E-state index is -3.56. The number of unbranched alkanes of at least 4 members (excludes halogenated alkanes) is 5. The highest BCUT2D eigenvalue weighted by Crippen LogP contribution is 2.31. The third-order valence-corrected chi connectivity index (χ3v) is 4.17. The largest absolute Gasteiger partial charge is 0.515 e. The molecule has 5 heteroatoms. The summed E-state index contributed by atoms with van der Waals surface area (Å²) in [5.74, 6) is 0.642. The van der Waals surface area contributed by atoms with Gasteiger partial charge in [-0.05, 0) is 6.42 Å². The predicted molar refractivity (Wildman–Crippen MR) is 59.2 cm³/mol. The Morgan fingerprint density at radius 1 is 0.923 bits per heavy atom. The summed E-state index contributed by atoms with van der Waals surface area (Å²) in [5, 5.41) is 0. The Morgan fingerprint density at radius 3 is 2.00 bits per heavy atom. The molecule has 80 valence electrons. The van der Waals surface area contributed by atoms with Gasteiger partial charge in [0, 0.05) is 6.42 Å². The number of hydrogen-bond acceptors (Lipinski definition) is 0. The molecule has 0 rings (SSSR count). The van der Waals surface area contributed by atoms with Crippen molar-refractivity contribution >= 4 is 17.7 Å². The first kappa shape index (κ1) is 13.5. The van der Waals surface area contributed by atoms with Crippen molar-refractivity contribution in [1.29, 1.82) is 0 Å². The second-order valence-electron chi connectivity index (χ2n) is 3.11. The van der Waals surface area contributed by atoms with Gasteiger partial charge < -0.3 is 0 Å². The molecule has 13 heavy (non-hydrogen) atoms. The average Bonchev–Trinajstić information content (AvgIpc) is 2.01. The molecule has 0 radical (unpaired) electrons. The van der Waals surface area contributed by atoms with Crippen LogP contribution in [0.25, 0.3) is 0 Å². The molecule has 0 atom stereocenters. The fourth-order valence-electron chi connectivity index (χ4n) is 1.07. The van der Waals surface area contributed by atoms with Crippen LogP contribution in [0.3, 0.4) is 0 Å². The molecule has 0 heterocycles. The zero-order chi connectivity index (χ0) is 10.2. The second-order valence-corrected chi connectivity index (χ2v) is 7.05. The van der Waals surface area contributed by atoms with Crippen LogP contribution in [0, 0.1) is 0 Å². The van der Waals surface area contributed by atoms with Crippen LogP contribution in [0.1, 0.15) is 45.4 Å². The Balaban J connectivity index is 3.18. The second kappa shape index (κ2) is 7.89. The van der Waals surface area contributed by atoms with E-state index in [2.05, 4.69) is 6.92 Å². The smallest absolute Gasteiger partial charge is 0.290 e. The molecule has 0 aliphatic heterocycles. The molecule has 0 aliphatic carbocycles. The highest BCUT2D eigenvalue weighted by atomic mass is 32.5. The highest BCUT2D eigenvalue weighted by molar-refractivity contribution is 8.16. The van der Waals surface area contributed by atoms with Gasteiger partial charge in [0.05, 0.1) is 0 Å². The van der Waals surface area contributed by atoms with Gasteiger partial charge in [0.1, 0.15) is 0 Å². The third kappa shape index (κ3) is 12.5. The summed E-state index contributed by atoms with van der Waals surface area (Å²) < 4.78 is 0. The van der Waals surface area contributed by atoms with Crippen molar-refractivity contribution in [1.82, 2.24) is 0 Å². The maximum absolute atomic E-state index is 8.64. The zero-order valence-electron chi connectivity index (χ0n) is 8.15. The van der Waals surface area contributed by atoms with Crippen LogP contribution in [-0.2, 0) is 10.9 Å². The van der Waals surface area contributed by atoms with E-state index < -0.39 is 6.72 Å². The van der Waals surface area contributed by atoms with Gasteiger partial charge in [-0.25, -0.2) is 0 Å². The summed E-state index contributed by atoms with van der Waals surface area (Å²) in [6.45, 7) is -1.38. The molecule has 0 unspecified atom stereocenters. The van der Waals surface area contributed by atoms with E-state index in [1.165, 1.54) is 25.7 Å². The van der Waals surface area contributed by atoms with Gasteiger partial charge in [0.25, 0.3) is 0 Å². The summed E-state index contributed by atoms with van der Waals surface area (Å²) in [6, 6.07) is 0.